The zero-order valence-electron chi connectivity index (χ0n) is 13.3. The van der Waals surface area contributed by atoms with Crippen molar-refractivity contribution in [3.8, 4) is 11.5 Å². The maximum atomic E-state index is 9.91. The zero-order chi connectivity index (χ0) is 15.1. The molecule has 4 heteroatoms. The summed E-state index contributed by atoms with van der Waals surface area (Å²) in [4.78, 5) is 2.25. The maximum Gasteiger partial charge on any atom is 0.123 e. The van der Waals surface area contributed by atoms with Gasteiger partial charge < -0.3 is 20.1 Å². The van der Waals surface area contributed by atoms with Crippen molar-refractivity contribution in [2.24, 2.45) is 5.92 Å². The van der Waals surface area contributed by atoms with Crippen molar-refractivity contribution in [2.45, 2.75) is 32.9 Å². The Bertz CT molecular complexity index is 405. The van der Waals surface area contributed by atoms with Crippen LogP contribution in [0.3, 0.4) is 0 Å². The lowest BCUT2D eigenvalue weighted by Crippen LogP contribution is -2.38. The predicted molar refractivity (Wildman–Crippen MR) is 83.3 cm³/mol. The topological polar surface area (TPSA) is 44.7 Å². The number of rotatable bonds is 8. The maximum absolute atomic E-state index is 9.91. The molecule has 0 aromatic heterocycles. The van der Waals surface area contributed by atoms with Gasteiger partial charge in [0.25, 0.3) is 0 Å². The van der Waals surface area contributed by atoms with Crippen molar-refractivity contribution >= 4 is 0 Å². The first-order chi connectivity index (χ1) is 9.43. The molecule has 0 amide bonds. The average molecular weight is 280 g/mol. The number of aromatic hydroxyl groups is 1. The number of methoxy groups -OCH3 is 1. The molecule has 1 aromatic carbocycles. The zero-order valence-corrected chi connectivity index (χ0v) is 13.3. The van der Waals surface area contributed by atoms with Crippen LogP contribution < -0.4 is 10.1 Å². The first-order valence-electron chi connectivity index (χ1n) is 7.17. The van der Waals surface area contributed by atoms with Crippen LogP contribution in [0.15, 0.2) is 18.2 Å². The molecule has 0 bridgehead atoms. The summed E-state index contributed by atoms with van der Waals surface area (Å²) in [6.45, 7) is 6.06. The van der Waals surface area contributed by atoms with Crippen LogP contribution in [0, 0.1) is 5.92 Å². The molecule has 114 valence electrons. The molecular formula is C16H28N2O2. The van der Waals surface area contributed by atoms with Crippen LogP contribution in [0.25, 0.3) is 0 Å². The first-order valence-corrected chi connectivity index (χ1v) is 7.17. The minimum Gasteiger partial charge on any atom is -0.507 e. The third kappa shape index (κ3) is 5.39. The Morgan fingerprint density at radius 1 is 1.30 bits per heavy atom. The first kappa shape index (κ1) is 16.8. The summed E-state index contributed by atoms with van der Waals surface area (Å²) in [6, 6.07) is 5.92. The van der Waals surface area contributed by atoms with Gasteiger partial charge in [-0.3, -0.25) is 0 Å². The summed E-state index contributed by atoms with van der Waals surface area (Å²) in [5, 5.41) is 13.3. The molecule has 0 saturated heterocycles. The predicted octanol–water partition coefficient (Wildman–Crippen LogP) is 2.47. The lowest BCUT2D eigenvalue weighted by molar-refractivity contribution is 0.246. The highest BCUT2D eigenvalue weighted by Gasteiger charge is 2.13. The number of likely N-dealkylation sites (N-methyl/N-ethyl adjacent to an activating group) is 1. The number of ether oxygens (including phenoxy) is 1. The molecule has 0 fully saturated rings. The number of nitrogens with one attached hydrogen (secondary N) is 1. The SMILES string of the molecule is COc1ccc(CNCC(CC(C)C)N(C)C)c(O)c1. The highest BCUT2D eigenvalue weighted by molar-refractivity contribution is 5.39. The van der Waals surface area contributed by atoms with E-state index in [1.807, 2.05) is 12.1 Å². The molecule has 0 radical (unpaired) electrons. The second-order valence-corrected chi connectivity index (χ2v) is 5.87. The fourth-order valence-electron chi connectivity index (χ4n) is 2.21. The number of benzene rings is 1. The largest absolute Gasteiger partial charge is 0.507 e. The van der Waals surface area contributed by atoms with Crippen molar-refractivity contribution in [1.29, 1.82) is 0 Å². The van der Waals surface area contributed by atoms with Crippen LogP contribution in [-0.4, -0.2) is 43.8 Å². The van der Waals surface area contributed by atoms with Gasteiger partial charge in [0.15, 0.2) is 0 Å². The van der Waals surface area contributed by atoms with Crippen molar-refractivity contribution in [3.05, 3.63) is 23.8 Å². The van der Waals surface area contributed by atoms with Crippen LogP contribution in [0.2, 0.25) is 0 Å². The molecule has 1 rings (SSSR count). The molecule has 0 spiro atoms. The summed E-state index contributed by atoms with van der Waals surface area (Å²) in [6.07, 6.45) is 1.16. The van der Waals surface area contributed by atoms with Crippen molar-refractivity contribution in [2.75, 3.05) is 27.7 Å². The molecule has 1 aromatic rings. The normalized spacial score (nSPS) is 12.9. The molecule has 0 aliphatic carbocycles. The van der Waals surface area contributed by atoms with Gasteiger partial charge in [0.2, 0.25) is 0 Å². The Morgan fingerprint density at radius 3 is 2.50 bits per heavy atom. The summed E-state index contributed by atoms with van der Waals surface area (Å²) >= 11 is 0. The number of phenols is 1. The third-order valence-corrected chi connectivity index (χ3v) is 3.46. The number of hydrogen-bond donors (Lipinski definition) is 2. The van der Waals surface area contributed by atoms with Crippen molar-refractivity contribution < 1.29 is 9.84 Å². The molecule has 0 heterocycles. The molecular weight excluding hydrogens is 252 g/mol. The highest BCUT2D eigenvalue weighted by Crippen LogP contribution is 2.23. The van der Waals surface area contributed by atoms with Gasteiger partial charge in [0.1, 0.15) is 11.5 Å². The van der Waals surface area contributed by atoms with E-state index in [-0.39, 0.29) is 5.75 Å². The standard InChI is InChI=1S/C16H28N2O2/c1-12(2)8-14(18(3)4)11-17-10-13-6-7-15(20-5)9-16(13)19/h6-7,9,12,14,17,19H,8,10-11H2,1-5H3. The molecule has 20 heavy (non-hydrogen) atoms. The van der Waals surface area contributed by atoms with E-state index >= 15 is 0 Å². The quantitative estimate of drug-likeness (QED) is 0.768. The van der Waals surface area contributed by atoms with Crippen LogP contribution in [0.5, 0.6) is 11.5 Å². The molecule has 2 N–H and O–H groups in total. The average Bonchev–Trinajstić information content (AvgIpc) is 2.38. The van der Waals surface area contributed by atoms with Gasteiger partial charge in [-0.25, -0.2) is 0 Å². The molecule has 4 nitrogen and oxygen atoms in total. The van der Waals surface area contributed by atoms with Gasteiger partial charge in [-0.15, -0.1) is 0 Å². The summed E-state index contributed by atoms with van der Waals surface area (Å²) in [7, 11) is 5.82. The molecule has 1 atom stereocenters. The Hall–Kier alpha value is -1.26. The number of hydrogen-bond acceptors (Lipinski definition) is 4. The summed E-state index contributed by atoms with van der Waals surface area (Å²) in [5.41, 5.74) is 0.896. The van der Waals surface area contributed by atoms with Gasteiger partial charge in [-0.05, 0) is 32.5 Å². The van der Waals surface area contributed by atoms with Gasteiger partial charge in [-0.1, -0.05) is 19.9 Å². The Kier molecular flexibility index (Phi) is 6.82. The van der Waals surface area contributed by atoms with Gasteiger partial charge in [0, 0.05) is 30.8 Å². The van der Waals surface area contributed by atoms with E-state index in [1.165, 1.54) is 0 Å². The molecule has 1 unspecified atom stereocenters. The summed E-state index contributed by atoms with van der Waals surface area (Å²) in [5.74, 6) is 1.64. The molecule has 0 aliphatic rings. The van der Waals surface area contributed by atoms with Crippen LogP contribution in [-0.2, 0) is 6.54 Å². The Labute approximate surface area is 122 Å². The molecule has 0 saturated carbocycles. The summed E-state index contributed by atoms with van der Waals surface area (Å²) < 4.78 is 5.08. The third-order valence-electron chi connectivity index (χ3n) is 3.46. The Morgan fingerprint density at radius 2 is 2.00 bits per heavy atom. The van der Waals surface area contributed by atoms with Crippen molar-refractivity contribution in [3.63, 3.8) is 0 Å². The fraction of sp³-hybridized carbons (Fsp3) is 0.625. The monoisotopic (exact) mass is 280 g/mol. The van der Waals surface area contributed by atoms with E-state index in [2.05, 4.69) is 38.2 Å². The second kappa shape index (κ2) is 8.12. The number of phenolic OH excluding ortho intramolecular Hbond substituents is 1. The second-order valence-electron chi connectivity index (χ2n) is 5.87. The highest BCUT2D eigenvalue weighted by atomic mass is 16.5. The van der Waals surface area contributed by atoms with Crippen molar-refractivity contribution in [1.82, 2.24) is 10.2 Å². The van der Waals surface area contributed by atoms with E-state index in [0.29, 0.717) is 24.3 Å². The minimum atomic E-state index is 0.280. The minimum absolute atomic E-state index is 0.280. The van der Waals surface area contributed by atoms with Crippen LogP contribution >= 0.6 is 0 Å². The lowest BCUT2D eigenvalue weighted by atomic mass is 10.0. The van der Waals surface area contributed by atoms with E-state index < -0.39 is 0 Å². The Balaban J connectivity index is 2.50. The van der Waals surface area contributed by atoms with Crippen LogP contribution in [0.1, 0.15) is 25.8 Å². The van der Waals surface area contributed by atoms with Gasteiger partial charge in [-0.2, -0.15) is 0 Å². The smallest absolute Gasteiger partial charge is 0.123 e. The fourth-order valence-corrected chi connectivity index (χ4v) is 2.21. The lowest BCUT2D eigenvalue weighted by Gasteiger charge is -2.26. The van der Waals surface area contributed by atoms with E-state index in [0.717, 1.165) is 18.5 Å². The van der Waals surface area contributed by atoms with Crippen LogP contribution in [0.4, 0.5) is 0 Å². The van der Waals surface area contributed by atoms with E-state index in [4.69, 9.17) is 4.74 Å². The number of nitrogens with zero attached hydrogens (tertiary/aromatic N) is 1. The van der Waals surface area contributed by atoms with E-state index in [1.54, 1.807) is 13.2 Å². The van der Waals surface area contributed by atoms with Gasteiger partial charge >= 0.3 is 0 Å². The molecule has 0 aliphatic heterocycles. The van der Waals surface area contributed by atoms with E-state index in [9.17, 15) is 5.11 Å². The van der Waals surface area contributed by atoms with Gasteiger partial charge in [0.05, 0.1) is 7.11 Å².